The molecule has 0 unspecified atom stereocenters. The Bertz CT molecular complexity index is 1300. The third-order valence-electron chi connectivity index (χ3n) is 7.08. The van der Waals surface area contributed by atoms with E-state index < -0.39 is 23.5 Å². The summed E-state index contributed by atoms with van der Waals surface area (Å²) in [5.41, 5.74) is 0.576. The number of hydrogen-bond donors (Lipinski definition) is 0. The molecule has 2 heterocycles. The molecular formula is C26H29F6N7. The molecule has 5 rings (SSSR count). The summed E-state index contributed by atoms with van der Waals surface area (Å²) < 4.78 is 81.1. The molecule has 3 aromatic rings. The van der Waals surface area contributed by atoms with Crippen molar-refractivity contribution in [3.05, 3.63) is 63.5 Å². The van der Waals surface area contributed by atoms with Crippen LogP contribution in [0.25, 0.3) is 0 Å². The van der Waals surface area contributed by atoms with Gasteiger partial charge in [0.05, 0.1) is 23.9 Å². The van der Waals surface area contributed by atoms with E-state index in [0.717, 1.165) is 60.3 Å². The molecule has 0 saturated heterocycles. The van der Waals surface area contributed by atoms with E-state index in [-0.39, 0.29) is 30.7 Å². The van der Waals surface area contributed by atoms with Gasteiger partial charge in [-0.2, -0.15) is 31.1 Å². The number of tetrazole rings is 1. The Morgan fingerprint density at radius 3 is 1.92 bits per heavy atom. The second-order valence-corrected chi connectivity index (χ2v) is 10.5. The first kappa shape index (κ1) is 27.4. The van der Waals surface area contributed by atoms with Crippen LogP contribution in [0.5, 0.6) is 0 Å². The first-order chi connectivity index (χ1) is 18.3. The average molecular weight is 554 g/mol. The zero-order valence-corrected chi connectivity index (χ0v) is 21.8. The largest absolute Gasteiger partial charge is 0.416 e. The fraction of sp³-hybridized carbons (Fsp3) is 0.538. The first-order valence-electron chi connectivity index (χ1n) is 12.8. The molecule has 0 spiro atoms. The standard InChI is InChI=1S/C26H29F6N7/c1-15-8-16(2)33-23(14-39(20-4-5-20)21-6-7-21)22(15)13-38(24-34-36-37(3)35-24)12-17-9-18(25(27,28)29)11-19(10-17)26(30,31)32/h8-11,20-21H,4-7,12-14H2,1-3H3. The lowest BCUT2D eigenvalue weighted by Crippen LogP contribution is -2.31. The van der Waals surface area contributed by atoms with Crippen LogP contribution < -0.4 is 4.90 Å². The Kier molecular flexibility index (Phi) is 7.06. The molecular weight excluding hydrogens is 524 g/mol. The number of halogens is 6. The minimum Gasteiger partial charge on any atom is -0.329 e. The second-order valence-electron chi connectivity index (χ2n) is 10.5. The summed E-state index contributed by atoms with van der Waals surface area (Å²) in [7, 11) is 1.54. The maximum atomic E-state index is 13.5. The maximum Gasteiger partial charge on any atom is 0.416 e. The predicted octanol–water partition coefficient (Wildman–Crippen LogP) is 5.59. The molecule has 13 heteroatoms. The van der Waals surface area contributed by atoms with Crippen molar-refractivity contribution in [1.29, 1.82) is 0 Å². The van der Waals surface area contributed by atoms with Crippen molar-refractivity contribution in [2.24, 2.45) is 7.05 Å². The molecule has 2 aromatic heterocycles. The van der Waals surface area contributed by atoms with Crippen molar-refractivity contribution in [3.8, 4) is 0 Å². The van der Waals surface area contributed by atoms with E-state index >= 15 is 0 Å². The van der Waals surface area contributed by atoms with Gasteiger partial charge >= 0.3 is 12.4 Å². The molecule has 39 heavy (non-hydrogen) atoms. The summed E-state index contributed by atoms with van der Waals surface area (Å²) in [6.45, 7) is 4.32. The first-order valence-corrected chi connectivity index (χ1v) is 12.8. The number of alkyl halides is 6. The zero-order chi connectivity index (χ0) is 28.1. The molecule has 2 aliphatic rings. The highest BCUT2D eigenvalue weighted by Gasteiger charge is 2.40. The van der Waals surface area contributed by atoms with Crippen molar-refractivity contribution in [2.45, 2.75) is 83.6 Å². The quantitative estimate of drug-likeness (QED) is 0.322. The van der Waals surface area contributed by atoms with Crippen molar-refractivity contribution in [2.75, 3.05) is 4.90 Å². The van der Waals surface area contributed by atoms with Gasteiger partial charge in [0.15, 0.2) is 0 Å². The van der Waals surface area contributed by atoms with Gasteiger partial charge in [0.2, 0.25) is 0 Å². The summed E-state index contributed by atoms with van der Waals surface area (Å²) in [5.74, 6) is 0.0932. The van der Waals surface area contributed by atoms with Crippen molar-refractivity contribution < 1.29 is 26.3 Å². The van der Waals surface area contributed by atoms with Gasteiger partial charge in [-0.3, -0.25) is 9.88 Å². The Labute approximate surface area is 221 Å². The predicted molar refractivity (Wildman–Crippen MR) is 130 cm³/mol. The molecule has 0 radical (unpaired) electrons. The van der Waals surface area contributed by atoms with Crippen LogP contribution in [0.3, 0.4) is 0 Å². The molecule has 7 nitrogen and oxygen atoms in total. The van der Waals surface area contributed by atoms with Crippen LogP contribution in [0, 0.1) is 13.8 Å². The summed E-state index contributed by atoms with van der Waals surface area (Å²) >= 11 is 0. The van der Waals surface area contributed by atoms with E-state index in [0.29, 0.717) is 18.6 Å². The number of aromatic nitrogens is 5. The smallest absolute Gasteiger partial charge is 0.329 e. The Hall–Kier alpha value is -3.22. The maximum absolute atomic E-state index is 13.5. The third-order valence-corrected chi connectivity index (χ3v) is 7.08. The van der Waals surface area contributed by atoms with Crippen LogP contribution in [0.2, 0.25) is 0 Å². The van der Waals surface area contributed by atoms with Crippen LogP contribution in [0.4, 0.5) is 32.3 Å². The minimum absolute atomic E-state index is 0.0932. The fourth-order valence-electron chi connectivity index (χ4n) is 4.95. The molecule has 0 atom stereocenters. The van der Waals surface area contributed by atoms with E-state index in [2.05, 4.69) is 20.3 Å². The summed E-state index contributed by atoms with van der Waals surface area (Å²) in [4.78, 5) is 10.0. The normalized spacial score (nSPS) is 16.3. The average Bonchev–Trinajstić information content (AvgIpc) is 3.76. The van der Waals surface area contributed by atoms with Gasteiger partial charge in [-0.15, -0.1) is 5.10 Å². The Morgan fingerprint density at radius 2 is 1.44 bits per heavy atom. The van der Waals surface area contributed by atoms with Gasteiger partial charge < -0.3 is 4.90 Å². The van der Waals surface area contributed by atoms with Gasteiger partial charge in [-0.05, 0) is 85.7 Å². The van der Waals surface area contributed by atoms with Gasteiger partial charge in [0.1, 0.15) is 0 Å². The van der Waals surface area contributed by atoms with E-state index in [9.17, 15) is 26.3 Å². The molecule has 1 aromatic carbocycles. The Balaban J connectivity index is 1.52. The number of pyridine rings is 1. The van der Waals surface area contributed by atoms with E-state index in [1.807, 2.05) is 19.9 Å². The highest BCUT2D eigenvalue weighted by Crippen LogP contribution is 2.39. The fourth-order valence-corrected chi connectivity index (χ4v) is 4.95. The highest BCUT2D eigenvalue weighted by molar-refractivity contribution is 5.41. The van der Waals surface area contributed by atoms with Gasteiger partial charge in [0.25, 0.3) is 5.95 Å². The zero-order valence-electron chi connectivity index (χ0n) is 21.8. The number of anilines is 1. The molecule has 0 aliphatic heterocycles. The summed E-state index contributed by atoms with van der Waals surface area (Å²) in [5, 5.41) is 12.1. The molecule has 2 saturated carbocycles. The minimum atomic E-state index is -4.94. The van der Waals surface area contributed by atoms with Crippen molar-refractivity contribution in [1.82, 2.24) is 30.1 Å². The van der Waals surface area contributed by atoms with Crippen LogP contribution in [0.1, 0.15) is 64.9 Å². The number of hydrogen-bond acceptors (Lipinski definition) is 6. The molecule has 2 aliphatic carbocycles. The van der Waals surface area contributed by atoms with Gasteiger partial charge in [-0.25, -0.2) is 0 Å². The molecule has 0 N–H and O–H groups in total. The third kappa shape index (κ3) is 6.51. The van der Waals surface area contributed by atoms with E-state index in [1.165, 1.54) is 11.8 Å². The number of benzene rings is 1. The van der Waals surface area contributed by atoms with Crippen molar-refractivity contribution in [3.63, 3.8) is 0 Å². The Morgan fingerprint density at radius 1 is 0.846 bits per heavy atom. The van der Waals surface area contributed by atoms with Crippen LogP contribution in [0.15, 0.2) is 24.3 Å². The van der Waals surface area contributed by atoms with Gasteiger partial charge in [-0.1, -0.05) is 5.10 Å². The number of nitrogens with zero attached hydrogens (tertiary/aromatic N) is 7. The van der Waals surface area contributed by atoms with E-state index in [1.54, 1.807) is 4.90 Å². The lowest BCUT2D eigenvalue weighted by molar-refractivity contribution is -0.143. The monoisotopic (exact) mass is 553 g/mol. The number of rotatable bonds is 9. The second kappa shape index (κ2) is 10.1. The lowest BCUT2D eigenvalue weighted by atomic mass is 10.0. The van der Waals surface area contributed by atoms with Crippen LogP contribution >= 0.6 is 0 Å². The molecule has 0 bridgehead atoms. The lowest BCUT2D eigenvalue weighted by Gasteiger charge is -2.27. The van der Waals surface area contributed by atoms with Crippen LogP contribution in [-0.2, 0) is 39.0 Å². The van der Waals surface area contributed by atoms with E-state index in [4.69, 9.17) is 4.98 Å². The topological polar surface area (TPSA) is 63.0 Å². The number of aryl methyl sites for hydroxylation is 3. The SMILES string of the molecule is Cc1cc(C)c(CN(Cc2cc(C(F)(F)F)cc(C(F)(F)F)c2)c2nnn(C)n2)c(CN(C2CC2)C2CC2)n1. The van der Waals surface area contributed by atoms with Crippen molar-refractivity contribution >= 4 is 5.95 Å². The summed E-state index contributed by atoms with van der Waals surface area (Å²) in [6.07, 6.45) is -5.31. The molecule has 210 valence electrons. The van der Waals surface area contributed by atoms with Crippen LogP contribution in [-0.4, -0.2) is 42.2 Å². The summed E-state index contributed by atoms with van der Waals surface area (Å²) in [6, 6.07) is 4.58. The highest BCUT2D eigenvalue weighted by atomic mass is 19.4. The molecule has 2 fully saturated rings. The van der Waals surface area contributed by atoms with Gasteiger partial charge in [0, 0.05) is 37.4 Å². The molecule has 0 amide bonds.